The Morgan fingerprint density at radius 2 is 1.17 bits per heavy atom. The molecular formula is C36H64O18. The molecule has 2 rings (SSSR count). The van der Waals surface area contributed by atoms with Crippen LogP contribution in [-0.4, -0.2) is 163 Å². The predicted molar refractivity (Wildman–Crippen MR) is 186 cm³/mol. The zero-order valence-corrected chi connectivity index (χ0v) is 31.4. The van der Waals surface area contributed by atoms with Gasteiger partial charge in [-0.2, -0.15) is 0 Å². The third-order valence-corrected chi connectivity index (χ3v) is 9.49. The van der Waals surface area contributed by atoms with Gasteiger partial charge in [-0.05, 0) is 19.3 Å². The Morgan fingerprint density at radius 3 is 1.74 bits per heavy atom. The molecule has 0 saturated carbocycles. The number of unbranched alkanes of at least 4 members (excludes halogenated alkanes) is 9. The second kappa shape index (κ2) is 26.0. The number of aliphatic hydroxyl groups is 8. The van der Waals surface area contributed by atoms with Gasteiger partial charge in [0.1, 0.15) is 62.0 Å². The molecule has 0 aromatic rings. The lowest BCUT2D eigenvalue weighted by atomic mass is 9.97. The van der Waals surface area contributed by atoms with Crippen molar-refractivity contribution in [3.63, 3.8) is 0 Å². The molecular weight excluding hydrogens is 720 g/mol. The van der Waals surface area contributed by atoms with Crippen molar-refractivity contribution < 1.29 is 88.8 Å². The highest BCUT2D eigenvalue weighted by Gasteiger charge is 2.51. The maximum Gasteiger partial charge on any atom is 0.332 e. The standard InChI is InChI=1S/C36H64O18/c1-3-14-22(38)17-27(41)50-19-25-28(42)29(43)31(45)36(52-25)54-33-26(20-49-21(2)37)53-35(32(46)30(33)44)51-18-23(39)15-12-10-8-6-4-5-7-9-11-13-16-24(40)34(47)48/h22-26,28-33,35-36,38-40,42-46H,3-20H2,1-2H3,(H,47,48)/t22-,23+,24-,25+,26+,28+,29-,30+,31+,32+,33+,35+,36-/m0/s1. The van der Waals surface area contributed by atoms with E-state index in [1.165, 1.54) is 0 Å². The van der Waals surface area contributed by atoms with Crippen LogP contribution in [0.1, 0.15) is 110 Å². The highest BCUT2D eigenvalue weighted by Crippen LogP contribution is 2.30. The number of carbonyl (C=O) groups excluding carboxylic acids is 2. The SMILES string of the molecule is CCC[C@H](O)CC(=O)OC[C@H]1O[C@@H](O[C@H]2[C@H](O)[C@@H](O)[C@H](OC[C@H](O)CCCCCCCCCCCC[C@H](O)C(=O)O)O[C@@H]2COC(C)=O)[C@H](O)[C@@H](O)[C@@H]1O. The van der Waals surface area contributed by atoms with E-state index in [0.29, 0.717) is 25.7 Å². The van der Waals surface area contributed by atoms with E-state index in [4.69, 9.17) is 33.5 Å². The first-order chi connectivity index (χ1) is 25.7. The van der Waals surface area contributed by atoms with E-state index in [0.717, 1.165) is 64.7 Å². The van der Waals surface area contributed by atoms with E-state index >= 15 is 0 Å². The summed E-state index contributed by atoms with van der Waals surface area (Å²) in [5.41, 5.74) is 0. The lowest BCUT2D eigenvalue weighted by Crippen LogP contribution is -2.65. The second-order valence-electron chi connectivity index (χ2n) is 14.2. The molecule has 0 aromatic carbocycles. The van der Waals surface area contributed by atoms with Gasteiger partial charge in [-0.15, -0.1) is 0 Å². The van der Waals surface area contributed by atoms with Crippen LogP contribution in [0.4, 0.5) is 0 Å². The van der Waals surface area contributed by atoms with Crippen LogP contribution in [0.3, 0.4) is 0 Å². The smallest absolute Gasteiger partial charge is 0.332 e. The summed E-state index contributed by atoms with van der Waals surface area (Å²) >= 11 is 0. The van der Waals surface area contributed by atoms with Gasteiger partial charge in [-0.1, -0.05) is 77.6 Å². The minimum atomic E-state index is -1.87. The number of aliphatic carboxylic acids is 1. The van der Waals surface area contributed by atoms with Crippen LogP contribution >= 0.6 is 0 Å². The summed E-state index contributed by atoms with van der Waals surface area (Å²) in [6, 6.07) is 0. The number of ether oxygens (including phenoxy) is 6. The normalized spacial score (nSPS) is 30.3. The molecule has 0 radical (unpaired) electrons. The van der Waals surface area contributed by atoms with Gasteiger partial charge in [0.05, 0.1) is 25.2 Å². The van der Waals surface area contributed by atoms with Crippen LogP contribution in [0.2, 0.25) is 0 Å². The molecule has 0 aromatic heterocycles. The lowest BCUT2D eigenvalue weighted by molar-refractivity contribution is -0.360. The van der Waals surface area contributed by atoms with Gasteiger partial charge >= 0.3 is 17.9 Å². The summed E-state index contributed by atoms with van der Waals surface area (Å²) < 4.78 is 32.9. The van der Waals surface area contributed by atoms with E-state index in [1.54, 1.807) is 0 Å². The van der Waals surface area contributed by atoms with Gasteiger partial charge in [-0.3, -0.25) is 9.59 Å². The fourth-order valence-corrected chi connectivity index (χ4v) is 6.27. The van der Waals surface area contributed by atoms with Crippen LogP contribution < -0.4 is 0 Å². The van der Waals surface area contributed by atoms with Crippen molar-refractivity contribution in [1.29, 1.82) is 0 Å². The molecule has 0 spiro atoms. The maximum atomic E-state index is 12.1. The molecule has 2 saturated heterocycles. The summed E-state index contributed by atoms with van der Waals surface area (Å²) in [4.78, 5) is 34.4. The average molecular weight is 785 g/mol. The Bertz CT molecular complexity index is 1060. The molecule has 2 aliphatic heterocycles. The van der Waals surface area contributed by atoms with Crippen LogP contribution in [0.25, 0.3) is 0 Å². The topological polar surface area (TPSA) is 289 Å². The van der Waals surface area contributed by atoms with Crippen LogP contribution in [0.5, 0.6) is 0 Å². The van der Waals surface area contributed by atoms with E-state index in [9.17, 15) is 55.2 Å². The van der Waals surface area contributed by atoms with Crippen molar-refractivity contribution in [3.8, 4) is 0 Å². The molecule has 2 fully saturated rings. The van der Waals surface area contributed by atoms with Crippen molar-refractivity contribution in [3.05, 3.63) is 0 Å². The van der Waals surface area contributed by atoms with E-state index < -0.39 is 111 Å². The fourth-order valence-electron chi connectivity index (χ4n) is 6.27. The van der Waals surface area contributed by atoms with Gasteiger partial charge in [0.15, 0.2) is 18.7 Å². The zero-order valence-electron chi connectivity index (χ0n) is 31.4. The molecule has 316 valence electrons. The molecule has 18 heteroatoms. The fraction of sp³-hybridized carbons (Fsp3) is 0.917. The van der Waals surface area contributed by atoms with Crippen LogP contribution in [0.15, 0.2) is 0 Å². The molecule has 54 heavy (non-hydrogen) atoms. The largest absolute Gasteiger partial charge is 0.479 e. The summed E-state index contributed by atoms with van der Waals surface area (Å²) in [5, 5.41) is 91.8. The van der Waals surface area contributed by atoms with Crippen molar-refractivity contribution in [1.82, 2.24) is 0 Å². The quantitative estimate of drug-likeness (QED) is 0.0385. The average Bonchev–Trinajstić information content (AvgIpc) is 3.12. The molecule has 0 aliphatic carbocycles. The van der Waals surface area contributed by atoms with Gasteiger partial charge in [-0.25, -0.2) is 4.79 Å². The maximum absolute atomic E-state index is 12.1. The number of carbonyl (C=O) groups is 3. The number of rotatable bonds is 27. The number of esters is 2. The van der Waals surface area contributed by atoms with Crippen molar-refractivity contribution in [2.75, 3.05) is 19.8 Å². The first-order valence-electron chi connectivity index (χ1n) is 19.2. The number of carboxylic acid groups (broad SMARTS) is 1. The molecule has 9 N–H and O–H groups in total. The first-order valence-corrected chi connectivity index (χ1v) is 19.2. The molecule has 0 amide bonds. The number of carboxylic acids is 1. The zero-order chi connectivity index (χ0) is 40.2. The van der Waals surface area contributed by atoms with Crippen LogP contribution in [0, 0.1) is 0 Å². The Labute approximate surface area is 316 Å². The number of hydrogen-bond donors (Lipinski definition) is 9. The third kappa shape index (κ3) is 17.4. The number of aliphatic hydroxyl groups excluding tert-OH is 8. The van der Waals surface area contributed by atoms with E-state index in [2.05, 4.69) is 0 Å². The Kier molecular flexibility index (Phi) is 23.1. The van der Waals surface area contributed by atoms with E-state index in [-0.39, 0.29) is 19.4 Å². The van der Waals surface area contributed by atoms with Gasteiger partial charge in [0.2, 0.25) is 0 Å². The Balaban J connectivity index is 1.81. The van der Waals surface area contributed by atoms with Crippen LogP contribution in [-0.2, 0) is 42.8 Å². The predicted octanol–water partition coefficient (Wildman–Crippen LogP) is -0.212. The molecule has 2 aliphatic rings. The molecule has 18 nitrogen and oxygen atoms in total. The third-order valence-electron chi connectivity index (χ3n) is 9.49. The summed E-state index contributed by atoms with van der Waals surface area (Å²) in [6.07, 6.45) is -8.72. The lowest BCUT2D eigenvalue weighted by Gasteiger charge is -2.46. The second-order valence-corrected chi connectivity index (χ2v) is 14.2. The number of hydrogen-bond acceptors (Lipinski definition) is 17. The highest BCUT2D eigenvalue weighted by atomic mass is 16.7. The molecule has 2 heterocycles. The monoisotopic (exact) mass is 784 g/mol. The summed E-state index contributed by atoms with van der Waals surface area (Å²) in [6.45, 7) is 1.67. The highest BCUT2D eigenvalue weighted by molar-refractivity contribution is 5.71. The first kappa shape index (κ1) is 48.1. The van der Waals surface area contributed by atoms with Gasteiger partial charge < -0.3 is 74.4 Å². The van der Waals surface area contributed by atoms with Crippen molar-refractivity contribution in [2.45, 2.75) is 190 Å². The van der Waals surface area contributed by atoms with E-state index in [1.807, 2.05) is 6.92 Å². The summed E-state index contributed by atoms with van der Waals surface area (Å²) in [5.74, 6) is -2.67. The molecule has 13 atom stereocenters. The minimum Gasteiger partial charge on any atom is -0.479 e. The van der Waals surface area contributed by atoms with Gasteiger partial charge in [0.25, 0.3) is 0 Å². The Morgan fingerprint density at radius 1 is 0.630 bits per heavy atom. The molecule has 0 unspecified atom stereocenters. The molecule has 0 bridgehead atoms. The minimum absolute atomic E-state index is 0.242. The van der Waals surface area contributed by atoms with Gasteiger partial charge in [0, 0.05) is 6.92 Å². The van der Waals surface area contributed by atoms with Crippen molar-refractivity contribution in [2.24, 2.45) is 0 Å². The Hall–Kier alpha value is -2.07. The summed E-state index contributed by atoms with van der Waals surface area (Å²) in [7, 11) is 0. The van der Waals surface area contributed by atoms with Crippen molar-refractivity contribution >= 4 is 17.9 Å².